The summed E-state index contributed by atoms with van der Waals surface area (Å²) in [6.45, 7) is 12.8. The number of hydrogen-bond acceptors (Lipinski definition) is 2. The standard InChI is InChI=1S/C20H26N2/c1-6-11-21-22-12-10-18(14-17(22)5)19(7-2)20-9-8-15(3)13-16(20)4/h8-14,19H,5-7H2,1-4H3/b21-11-. The van der Waals surface area contributed by atoms with E-state index < -0.39 is 0 Å². The highest BCUT2D eigenvalue weighted by Gasteiger charge is 2.18. The quantitative estimate of drug-likeness (QED) is 0.658. The molecule has 0 aliphatic carbocycles. The minimum atomic E-state index is 0.408. The van der Waals surface area contributed by atoms with Gasteiger partial charge < -0.3 is 0 Å². The average molecular weight is 294 g/mol. The van der Waals surface area contributed by atoms with Gasteiger partial charge in [-0.1, -0.05) is 44.2 Å². The first kappa shape index (κ1) is 16.3. The monoisotopic (exact) mass is 294 g/mol. The summed E-state index contributed by atoms with van der Waals surface area (Å²) in [4.78, 5) is 0. The Bertz CT molecular complexity index is 635. The van der Waals surface area contributed by atoms with Crippen LogP contribution in [0.15, 0.2) is 59.5 Å². The van der Waals surface area contributed by atoms with Gasteiger partial charge in [0.1, 0.15) is 0 Å². The van der Waals surface area contributed by atoms with E-state index in [9.17, 15) is 0 Å². The van der Waals surface area contributed by atoms with Crippen LogP contribution in [0.4, 0.5) is 0 Å². The van der Waals surface area contributed by atoms with Gasteiger partial charge in [0.2, 0.25) is 0 Å². The molecular formula is C20H26N2. The Morgan fingerprint density at radius 3 is 2.64 bits per heavy atom. The predicted octanol–water partition coefficient (Wildman–Crippen LogP) is 5.46. The molecule has 2 nitrogen and oxygen atoms in total. The second-order valence-corrected chi connectivity index (χ2v) is 5.82. The number of hydrogen-bond donors (Lipinski definition) is 0. The van der Waals surface area contributed by atoms with Crippen molar-refractivity contribution in [3.8, 4) is 0 Å². The molecule has 0 saturated carbocycles. The van der Waals surface area contributed by atoms with Crippen LogP contribution in [0.2, 0.25) is 0 Å². The van der Waals surface area contributed by atoms with Crippen LogP contribution in [-0.4, -0.2) is 11.2 Å². The lowest BCUT2D eigenvalue weighted by Gasteiger charge is -2.25. The first-order valence-electron chi connectivity index (χ1n) is 8.04. The van der Waals surface area contributed by atoms with Crippen LogP contribution in [0, 0.1) is 13.8 Å². The molecule has 0 spiro atoms. The molecule has 1 aromatic rings. The van der Waals surface area contributed by atoms with E-state index in [4.69, 9.17) is 0 Å². The normalized spacial score (nSPS) is 16.3. The Labute approximate surface area is 134 Å². The molecule has 22 heavy (non-hydrogen) atoms. The largest absolute Gasteiger partial charge is 0.242 e. The summed E-state index contributed by atoms with van der Waals surface area (Å²) >= 11 is 0. The average Bonchev–Trinajstić information content (AvgIpc) is 2.49. The number of hydrazone groups is 1. The summed E-state index contributed by atoms with van der Waals surface area (Å²) in [7, 11) is 0. The van der Waals surface area contributed by atoms with E-state index in [1.807, 2.05) is 17.4 Å². The minimum Gasteiger partial charge on any atom is -0.242 e. The maximum Gasteiger partial charge on any atom is 0.0576 e. The highest BCUT2D eigenvalue weighted by atomic mass is 15.4. The lowest BCUT2D eigenvalue weighted by molar-refractivity contribution is 0.509. The third kappa shape index (κ3) is 3.56. The van der Waals surface area contributed by atoms with Gasteiger partial charge in [0, 0.05) is 18.3 Å². The second kappa shape index (κ2) is 7.26. The molecule has 116 valence electrons. The van der Waals surface area contributed by atoms with Gasteiger partial charge in [-0.3, -0.25) is 0 Å². The lowest BCUT2D eigenvalue weighted by Crippen LogP contribution is -2.13. The van der Waals surface area contributed by atoms with Crippen molar-refractivity contribution in [1.29, 1.82) is 0 Å². The van der Waals surface area contributed by atoms with Gasteiger partial charge in [0.05, 0.1) is 5.70 Å². The zero-order chi connectivity index (χ0) is 16.1. The SMILES string of the molecule is C=C1C=C(C(CC)c2ccc(C)cc2C)C=CN1/N=C\CC. The Morgan fingerprint density at radius 1 is 1.27 bits per heavy atom. The van der Waals surface area contributed by atoms with Crippen LogP contribution in [-0.2, 0) is 0 Å². The molecule has 1 aliphatic rings. The maximum absolute atomic E-state index is 4.38. The van der Waals surface area contributed by atoms with Gasteiger partial charge >= 0.3 is 0 Å². The molecule has 2 heteroatoms. The molecule has 0 bridgehead atoms. The van der Waals surface area contributed by atoms with E-state index in [2.05, 4.69) is 69.7 Å². The molecule has 1 aliphatic heterocycles. The van der Waals surface area contributed by atoms with E-state index in [-0.39, 0.29) is 0 Å². The van der Waals surface area contributed by atoms with E-state index in [1.54, 1.807) is 0 Å². The van der Waals surface area contributed by atoms with Gasteiger partial charge in [0.15, 0.2) is 0 Å². The van der Waals surface area contributed by atoms with Crippen molar-refractivity contribution in [2.24, 2.45) is 5.10 Å². The van der Waals surface area contributed by atoms with Crippen LogP contribution < -0.4 is 0 Å². The highest BCUT2D eigenvalue weighted by Crippen LogP contribution is 2.34. The van der Waals surface area contributed by atoms with Crippen LogP contribution in [0.1, 0.15) is 49.3 Å². The highest BCUT2D eigenvalue weighted by molar-refractivity contribution is 5.57. The molecule has 1 aromatic carbocycles. The number of benzene rings is 1. The topological polar surface area (TPSA) is 15.6 Å². The van der Waals surface area contributed by atoms with Crippen LogP contribution in [0.3, 0.4) is 0 Å². The van der Waals surface area contributed by atoms with Crippen molar-refractivity contribution in [3.63, 3.8) is 0 Å². The zero-order valence-corrected chi connectivity index (χ0v) is 14.1. The summed E-state index contributed by atoms with van der Waals surface area (Å²) in [5, 5.41) is 6.22. The fourth-order valence-electron chi connectivity index (χ4n) is 2.91. The molecule has 1 unspecified atom stereocenters. The van der Waals surface area contributed by atoms with Gasteiger partial charge in [-0.05, 0) is 55.5 Å². The van der Waals surface area contributed by atoms with Crippen LogP contribution >= 0.6 is 0 Å². The summed E-state index contributed by atoms with van der Waals surface area (Å²) in [5.74, 6) is 0.408. The molecule has 0 radical (unpaired) electrons. The maximum atomic E-state index is 4.38. The number of aryl methyl sites for hydroxylation is 2. The van der Waals surface area contributed by atoms with Crippen molar-refractivity contribution in [2.45, 2.75) is 46.5 Å². The molecular weight excluding hydrogens is 268 g/mol. The summed E-state index contributed by atoms with van der Waals surface area (Å²) in [5.41, 5.74) is 6.31. The summed E-state index contributed by atoms with van der Waals surface area (Å²) in [6.07, 6.45) is 10.2. The Kier molecular flexibility index (Phi) is 5.37. The fourth-order valence-corrected chi connectivity index (χ4v) is 2.91. The van der Waals surface area contributed by atoms with Crippen molar-refractivity contribution in [1.82, 2.24) is 5.01 Å². The number of allylic oxidation sites excluding steroid dienone is 3. The molecule has 0 fully saturated rings. The number of rotatable bonds is 5. The molecule has 2 rings (SSSR count). The van der Waals surface area contributed by atoms with Gasteiger partial charge in [-0.25, -0.2) is 5.01 Å². The van der Waals surface area contributed by atoms with Gasteiger partial charge in [0.25, 0.3) is 0 Å². The molecule has 0 aromatic heterocycles. The van der Waals surface area contributed by atoms with Crippen LogP contribution in [0.25, 0.3) is 0 Å². The van der Waals surface area contributed by atoms with E-state index in [0.29, 0.717) is 5.92 Å². The third-order valence-electron chi connectivity index (χ3n) is 4.04. The molecule has 0 amide bonds. The Morgan fingerprint density at radius 2 is 2.05 bits per heavy atom. The Balaban J connectivity index is 2.28. The van der Waals surface area contributed by atoms with Crippen molar-refractivity contribution in [2.75, 3.05) is 0 Å². The number of nitrogens with zero attached hydrogens (tertiary/aromatic N) is 2. The van der Waals surface area contributed by atoms with Crippen molar-refractivity contribution < 1.29 is 0 Å². The fraction of sp³-hybridized carbons (Fsp3) is 0.350. The first-order valence-corrected chi connectivity index (χ1v) is 8.04. The van der Waals surface area contributed by atoms with Crippen LogP contribution in [0.5, 0.6) is 0 Å². The van der Waals surface area contributed by atoms with Gasteiger partial charge in [-0.2, -0.15) is 5.10 Å². The van der Waals surface area contributed by atoms with Crippen molar-refractivity contribution >= 4 is 6.21 Å². The first-order chi connectivity index (χ1) is 10.6. The van der Waals surface area contributed by atoms with E-state index in [0.717, 1.165) is 18.5 Å². The molecule has 1 atom stereocenters. The molecule has 0 saturated heterocycles. The molecule has 1 heterocycles. The smallest absolute Gasteiger partial charge is 0.0576 e. The minimum absolute atomic E-state index is 0.408. The van der Waals surface area contributed by atoms with E-state index in [1.165, 1.54) is 22.3 Å². The predicted molar refractivity (Wildman–Crippen MR) is 95.9 cm³/mol. The summed E-state index contributed by atoms with van der Waals surface area (Å²) < 4.78 is 0. The molecule has 0 N–H and O–H groups in total. The van der Waals surface area contributed by atoms with E-state index >= 15 is 0 Å². The summed E-state index contributed by atoms with van der Waals surface area (Å²) in [6, 6.07) is 6.72. The van der Waals surface area contributed by atoms with Gasteiger partial charge in [-0.15, -0.1) is 0 Å². The second-order valence-electron chi connectivity index (χ2n) is 5.82. The van der Waals surface area contributed by atoms with Crippen molar-refractivity contribution in [3.05, 3.63) is 71.1 Å². The zero-order valence-electron chi connectivity index (χ0n) is 14.1. The lowest BCUT2D eigenvalue weighted by atomic mass is 9.84. The third-order valence-corrected chi connectivity index (χ3v) is 4.04. The Hall–Kier alpha value is -2.09.